The molecule has 3 heteroatoms. The first-order chi connectivity index (χ1) is 5.38. The Morgan fingerprint density at radius 2 is 2.36 bits per heavy atom. The van der Waals surface area contributed by atoms with Crippen LogP contribution in [0.3, 0.4) is 0 Å². The fraction of sp³-hybridized carbons (Fsp3) is 0.625. The Morgan fingerprint density at radius 1 is 1.55 bits per heavy atom. The van der Waals surface area contributed by atoms with Crippen molar-refractivity contribution in [1.29, 1.82) is 0 Å². The summed E-state index contributed by atoms with van der Waals surface area (Å²) in [7, 11) is 0. The highest BCUT2D eigenvalue weighted by Crippen LogP contribution is 2.09. The van der Waals surface area contributed by atoms with Crippen LogP contribution in [0, 0.1) is 0 Å². The zero-order chi connectivity index (χ0) is 8.10. The van der Waals surface area contributed by atoms with Crippen molar-refractivity contribution in [2.75, 3.05) is 6.54 Å². The van der Waals surface area contributed by atoms with Gasteiger partial charge in [-0.1, -0.05) is 18.5 Å². The maximum atomic E-state index is 5.40. The highest BCUT2D eigenvalue weighted by molar-refractivity contribution is 5.13. The first-order valence-corrected chi connectivity index (χ1v) is 4.01. The summed E-state index contributed by atoms with van der Waals surface area (Å²) in [4.78, 5) is 0. The molecule has 0 spiro atoms. The van der Waals surface area contributed by atoms with Gasteiger partial charge in [-0.15, -0.1) is 0 Å². The summed E-state index contributed by atoms with van der Waals surface area (Å²) in [5.74, 6) is 0.953. The molecule has 1 aromatic rings. The molecule has 0 aliphatic heterocycles. The third kappa shape index (κ3) is 2.05. The van der Waals surface area contributed by atoms with Gasteiger partial charge in [-0.05, 0) is 13.0 Å². The molecule has 1 heterocycles. The minimum Gasteiger partial charge on any atom is -0.361 e. The molecule has 2 N–H and O–H groups in total. The normalized spacial score (nSPS) is 10.4. The summed E-state index contributed by atoms with van der Waals surface area (Å²) in [6.07, 6.45) is 4.75. The predicted molar refractivity (Wildman–Crippen MR) is 43.3 cm³/mol. The van der Waals surface area contributed by atoms with Crippen LogP contribution in [0.1, 0.15) is 24.7 Å². The summed E-state index contributed by atoms with van der Waals surface area (Å²) >= 11 is 0. The van der Waals surface area contributed by atoms with E-state index in [1.807, 2.05) is 0 Å². The van der Waals surface area contributed by atoms with Gasteiger partial charge in [0.25, 0.3) is 0 Å². The fourth-order valence-corrected chi connectivity index (χ4v) is 1.09. The van der Waals surface area contributed by atoms with Crippen LogP contribution in [0.25, 0.3) is 0 Å². The third-order valence-corrected chi connectivity index (χ3v) is 1.62. The molecule has 0 radical (unpaired) electrons. The first-order valence-electron chi connectivity index (χ1n) is 4.01. The first kappa shape index (κ1) is 8.27. The molecule has 62 valence electrons. The highest BCUT2D eigenvalue weighted by Gasteiger charge is 2.04. The largest absolute Gasteiger partial charge is 0.361 e. The summed E-state index contributed by atoms with van der Waals surface area (Å²) in [6, 6.07) is 0. The van der Waals surface area contributed by atoms with Gasteiger partial charge in [0.2, 0.25) is 0 Å². The van der Waals surface area contributed by atoms with E-state index in [1.165, 1.54) is 5.56 Å². The molecule has 11 heavy (non-hydrogen) atoms. The number of aromatic nitrogens is 1. The van der Waals surface area contributed by atoms with Crippen LogP contribution < -0.4 is 5.73 Å². The predicted octanol–water partition coefficient (Wildman–Crippen LogP) is 1.13. The second-order valence-corrected chi connectivity index (χ2v) is 2.56. The number of aryl methyl sites for hydroxylation is 1. The van der Waals surface area contributed by atoms with Crippen molar-refractivity contribution >= 4 is 0 Å². The number of hydrogen-bond donors (Lipinski definition) is 1. The van der Waals surface area contributed by atoms with Crippen LogP contribution in [0.15, 0.2) is 10.7 Å². The smallest absolute Gasteiger partial charge is 0.141 e. The molecule has 0 bridgehead atoms. The molecule has 0 fully saturated rings. The molecule has 0 saturated carbocycles. The molecule has 0 saturated heterocycles. The quantitative estimate of drug-likeness (QED) is 0.707. The van der Waals surface area contributed by atoms with Gasteiger partial charge in [0.15, 0.2) is 0 Å². The standard InChI is InChI=1S/C8H14N2O/c1-2-3-7-6-10-11-8(7)4-5-9/h6H,2-5,9H2,1H3. The van der Waals surface area contributed by atoms with Gasteiger partial charge >= 0.3 is 0 Å². The topological polar surface area (TPSA) is 52.0 Å². The van der Waals surface area contributed by atoms with Gasteiger partial charge < -0.3 is 10.3 Å². The van der Waals surface area contributed by atoms with Crippen molar-refractivity contribution in [2.24, 2.45) is 5.73 Å². The summed E-state index contributed by atoms with van der Waals surface area (Å²) in [5, 5.41) is 3.73. The van der Waals surface area contributed by atoms with Crippen molar-refractivity contribution in [3.8, 4) is 0 Å². The molecule has 0 aliphatic carbocycles. The molecule has 0 aromatic carbocycles. The average Bonchev–Trinajstić information content (AvgIpc) is 2.39. The van der Waals surface area contributed by atoms with E-state index in [2.05, 4.69) is 12.1 Å². The van der Waals surface area contributed by atoms with E-state index in [0.29, 0.717) is 6.54 Å². The van der Waals surface area contributed by atoms with E-state index in [-0.39, 0.29) is 0 Å². The van der Waals surface area contributed by atoms with Gasteiger partial charge in [0, 0.05) is 12.0 Å². The SMILES string of the molecule is CCCc1cnoc1CCN. The van der Waals surface area contributed by atoms with E-state index in [4.69, 9.17) is 10.3 Å². The second-order valence-electron chi connectivity index (χ2n) is 2.56. The molecular formula is C8H14N2O. The van der Waals surface area contributed by atoms with Gasteiger partial charge in [0.05, 0.1) is 6.20 Å². The van der Waals surface area contributed by atoms with Gasteiger partial charge in [-0.2, -0.15) is 0 Å². The lowest BCUT2D eigenvalue weighted by Crippen LogP contribution is -2.03. The van der Waals surface area contributed by atoms with Crippen molar-refractivity contribution in [2.45, 2.75) is 26.2 Å². The zero-order valence-corrected chi connectivity index (χ0v) is 6.84. The molecule has 0 aliphatic rings. The van der Waals surface area contributed by atoms with E-state index in [0.717, 1.165) is 25.0 Å². The third-order valence-electron chi connectivity index (χ3n) is 1.62. The minimum atomic E-state index is 0.631. The van der Waals surface area contributed by atoms with Crippen LogP contribution in [0.2, 0.25) is 0 Å². The number of hydrogen-bond acceptors (Lipinski definition) is 3. The number of nitrogens with two attached hydrogens (primary N) is 1. The van der Waals surface area contributed by atoms with Gasteiger partial charge in [-0.3, -0.25) is 0 Å². The second kappa shape index (κ2) is 4.13. The lowest BCUT2D eigenvalue weighted by molar-refractivity contribution is 0.383. The van der Waals surface area contributed by atoms with Crippen molar-refractivity contribution in [3.63, 3.8) is 0 Å². The monoisotopic (exact) mass is 154 g/mol. The summed E-state index contributed by atoms with van der Waals surface area (Å²) < 4.78 is 5.03. The maximum absolute atomic E-state index is 5.40. The molecule has 0 atom stereocenters. The average molecular weight is 154 g/mol. The molecular weight excluding hydrogens is 140 g/mol. The Kier molecular flexibility index (Phi) is 3.11. The number of nitrogens with zero attached hydrogens (tertiary/aromatic N) is 1. The minimum absolute atomic E-state index is 0.631. The fourth-order valence-electron chi connectivity index (χ4n) is 1.09. The molecule has 0 amide bonds. The van der Waals surface area contributed by atoms with Crippen molar-refractivity contribution < 1.29 is 4.52 Å². The lowest BCUT2D eigenvalue weighted by atomic mass is 10.1. The highest BCUT2D eigenvalue weighted by atomic mass is 16.5. The van der Waals surface area contributed by atoms with Gasteiger partial charge in [-0.25, -0.2) is 0 Å². The molecule has 1 aromatic heterocycles. The Morgan fingerprint density at radius 3 is 3.00 bits per heavy atom. The number of rotatable bonds is 4. The van der Waals surface area contributed by atoms with Gasteiger partial charge in [0.1, 0.15) is 5.76 Å². The summed E-state index contributed by atoms with van der Waals surface area (Å²) in [5.41, 5.74) is 6.60. The molecule has 3 nitrogen and oxygen atoms in total. The van der Waals surface area contributed by atoms with E-state index in [1.54, 1.807) is 6.20 Å². The van der Waals surface area contributed by atoms with Crippen LogP contribution in [-0.4, -0.2) is 11.7 Å². The van der Waals surface area contributed by atoms with Crippen LogP contribution in [-0.2, 0) is 12.8 Å². The lowest BCUT2D eigenvalue weighted by Gasteiger charge is -1.95. The van der Waals surface area contributed by atoms with Crippen LogP contribution in [0.4, 0.5) is 0 Å². The van der Waals surface area contributed by atoms with Crippen LogP contribution >= 0.6 is 0 Å². The van der Waals surface area contributed by atoms with E-state index >= 15 is 0 Å². The Hall–Kier alpha value is -0.830. The van der Waals surface area contributed by atoms with Crippen LogP contribution in [0.5, 0.6) is 0 Å². The molecule has 0 unspecified atom stereocenters. The zero-order valence-electron chi connectivity index (χ0n) is 6.84. The Labute approximate surface area is 66.6 Å². The van der Waals surface area contributed by atoms with E-state index < -0.39 is 0 Å². The Bertz CT molecular complexity index is 187. The maximum Gasteiger partial charge on any atom is 0.141 e. The van der Waals surface area contributed by atoms with E-state index in [9.17, 15) is 0 Å². The van der Waals surface area contributed by atoms with Crippen molar-refractivity contribution in [1.82, 2.24) is 5.16 Å². The molecule has 1 rings (SSSR count). The van der Waals surface area contributed by atoms with Crippen molar-refractivity contribution in [3.05, 3.63) is 17.5 Å². The summed E-state index contributed by atoms with van der Waals surface area (Å²) in [6.45, 7) is 2.77. The Balaban J connectivity index is 2.62.